The van der Waals surface area contributed by atoms with Crippen LogP contribution in [0.3, 0.4) is 0 Å². The highest BCUT2D eigenvalue weighted by molar-refractivity contribution is 5.73. The Hall–Kier alpha value is -0.530. The zero-order valence-electron chi connectivity index (χ0n) is 13.8. The van der Waals surface area contributed by atoms with Gasteiger partial charge in [-0.05, 0) is 24.7 Å². The van der Waals surface area contributed by atoms with E-state index < -0.39 is 0 Å². The van der Waals surface area contributed by atoms with E-state index in [-0.39, 0.29) is 5.91 Å². The van der Waals surface area contributed by atoms with Crippen LogP contribution in [0.5, 0.6) is 0 Å². The van der Waals surface area contributed by atoms with Gasteiger partial charge in [0.2, 0.25) is 5.91 Å². The van der Waals surface area contributed by atoms with Crippen LogP contribution in [0.1, 0.15) is 74.1 Å². The standard InChI is InChI=1S/C12H23NO.2C2H6/c1-10(2)4-5-12-6-8-13(9-7-12)11(3)14;2*1-2/h10,12H,4-9H2,1-3H3;2*1-2H3. The van der Waals surface area contributed by atoms with Crippen molar-refractivity contribution in [2.75, 3.05) is 13.1 Å². The minimum Gasteiger partial charge on any atom is -0.343 e. The molecule has 0 saturated carbocycles. The lowest BCUT2D eigenvalue weighted by Gasteiger charge is -2.31. The fourth-order valence-corrected chi connectivity index (χ4v) is 2.11. The van der Waals surface area contributed by atoms with Crippen LogP contribution in [0.2, 0.25) is 0 Å². The maximum atomic E-state index is 11.1. The second-order valence-corrected chi connectivity index (χ2v) is 4.92. The third-order valence-corrected chi connectivity index (χ3v) is 3.21. The summed E-state index contributed by atoms with van der Waals surface area (Å²) in [5.41, 5.74) is 0. The van der Waals surface area contributed by atoms with Gasteiger partial charge in [0.15, 0.2) is 0 Å². The van der Waals surface area contributed by atoms with Crippen LogP contribution >= 0.6 is 0 Å². The highest BCUT2D eigenvalue weighted by Crippen LogP contribution is 2.23. The minimum absolute atomic E-state index is 0.243. The average molecular weight is 257 g/mol. The normalized spacial score (nSPS) is 15.4. The second-order valence-electron chi connectivity index (χ2n) is 4.92. The Bertz CT molecular complexity index is 182. The molecule has 0 N–H and O–H groups in total. The van der Waals surface area contributed by atoms with E-state index in [2.05, 4.69) is 13.8 Å². The van der Waals surface area contributed by atoms with E-state index in [1.54, 1.807) is 6.92 Å². The van der Waals surface area contributed by atoms with Crippen molar-refractivity contribution in [3.8, 4) is 0 Å². The number of hydrogen-bond donors (Lipinski definition) is 0. The number of nitrogens with zero attached hydrogens (tertiary/aromatic N) is 1. The molecule has 1 heterocycles. The molecule has 18 heavy (non-hydrogen) atoms. The molecule has 0 atom stereocenters. The molecule has 1 fully saturated rings. The number of rotatable bonds is 3. The minimum atomic E-state index is 0.243. The van der Waals surface area contributed by atoms with E-state index in [4.69, 9.17) is 0 Å². The van der Waals surface area contributed by atoms with Gasteiger partial charge in [-0.3, -0.25) is 4.79 Å². The van der Waals surface area contributed by atoms with Crippen molar-refractivity contribution in [3.63, 3.8) is 0 Å². The fourth-order valence-electron chi connectivity index (χ4n) is 2.11. The van der Waals surface area contributed by atoms with Gasteiger partial charge in [-0.15, -0.1) is 0 Å². The summed E-state index contributed by atoms with van der Waals surface area (Å²) in [5.74, 6) is 1.93. The molecule has 0 aromatic heterocycles. The molecular formula is C16H35NO. The molecule has 1 amide bonds. The van der Waals surface area contributed by atoms with Gasteiger partial charge in [0.1, 0.15) is 0 Å². The Morgan fingerprint density at radius 1 is 1.11 bits per heavy atom. The molecule has 0 aromatic rings. The zero-order chi connectivity index (χ0) is 14.6. The van der Waals surface area contributed by atoms with Crippen LogP contribution in [0.25, 0.3) is 0 Å². The predicted octanol–water partition coefficient (Wildman–Crippen LogP) is 4.73. The summed E-state index contributed by atoms with van der Waals surface area (Å²) in [6, 6.07) is 0. The first-order valence-electron chi connectivity index (χ1n) is 7.85. The summed E-state index contributed by atoms with van der Waals surface area (Å²) in [6.07, 6.45) is 5.12. The maximum Gasteiger partial charge on any atom is 0.219 e. The van der Waals surface area contributed by atoms with Gasteiger partial charge in [-0.1, -0.05) is 54.4 Å². The summed E-state index contributed by atoms with van der Waals surface area (Å²) in [7, 11) is 0. The Balaban J connectivity index is 0. The van der Waals surface area contributed by atoms with Crippen molar-refractivity contribution >= 4 is 5.91 Å². The molecule has 2 heteroatoms. The van der Waals surface area contributed by atoms with E-state index in [9.17, 15) is 4.79 Å². The maximum absolute atomic E-state index is 11.1. The Labute approximate surface area is 115 Å². The van der Waals surface area contributed by atoms with Crippen molar-refractivity contribution < 1.29 is 4.79 Å². The molecule has 0 aliphatic carbocycles. The monoisotopic (exact) mass is 257 g/mol. The van der Waals surface area contributed by atoms with Crippen molar-refractivity contribution in [2.24, 2.45) is 11.8 Å². The summed E-state index contributed by atoms with van der Waals surface area (Å²) in [6.45, 7) is 16.2. The SMILES string of the molecule is CC.CC.CC(=O)N1CCC(CCC(C)C)CC1. The first-order chi connectivity index (χ1) is 8.59. The molecule has 0 spiro atoms. The van der Waals surface area contributed by atoms with Gasteiger partial charge < -0.3 is 4.90 Å². The first kappa shape index (κ1) is 19.8. The smallest absolute Gasteiger partial charge is 0.219 e. The summed E-state index contributed by atoms with van der Waals surface area (Å²) in [4.78, 5) is 13.1. The average Bonchev–Trinajstić information content (AvgIpc) is 2.41. The number of piperidine rings is 1. The van der Waals surface area contributed by atoms with Crippen LogP contribution in [0.4, 0.5) is 0 Å². The fraction of sp³-hybridized carbons (Fsp3) is 0.938. The molecule has 1 rings (SSSR count). The predicted molar refractivity (Wildman–Crippen MR) is 81.7 cm³/mol. The lowest BCUT2D eigenvalue weighted by Crippen LogP contribution is -2.36. The van der Waals surface area contributed by atoms with E-state index in [0.29, 0.717) is 0 Å². The zero-order valence-corrected chi connectivity index (χ0v) is 13.8. The quantitative estimate of drug-likeness (QED) is 0.715. The highest BCUT2D eigenvalue weighted by Gasteiger charge is 2.20. The van der Waals surface area contributed by atoms with Crippen LogP contribution in [0, 0.1) is 11.8 Å². The molecule has 0 bridgehead atoms. The number of carbonyl (C=O) groups excluding carboxylic acids is 1. The van der Waals surface area contributed by atoms with Crippen molar-refractivity contribution in [3.05, 3.63) is 0 Å². The van der Waals surface area contributed by atoms with E-state index in [0.717, 1.165) is 24.9 Å². The number of amides is 1. The summed E-state index contributed by atoms with van der Waals surface area (Å²) < 4.78 is 0. The van der Waals surface area contributed by atoms with Crippen molar-refractivity contribution in [2.45, 2.75) is 74.1 Å². The van der Waals surface area contributed by atoms with Gasteiger partial charge in [0, 0.05) is 20.0 Å². The lowest BCUT2D eigenvalue weighted by atomic mass is 9.90. The number of hydrogen-bond acceptors (Lipinski definition) is 1. The molecule has 2 nitrogen and oxygen atoms in total. The Morgan fingerprint density at radius 2 is 1.56 bits per heavy atom. The third-order valence-electron chi connectivity index (χ3n) is 3.21. The van der Waals surface area contributed by atoms with Crippen LogP contribution < -0.4 is 0 Å². The van der Waals surface area contributed by atoms with Crippen LogP contribution in [-0.2, 0) is 4.79 Å². The molecule has 1 aliphatic heterocycles. The van der Waals surface area contributed by atoms with Gasteiger partial charge >= 0.3 is 0 Å². The molecule has 110 valence electrons. The van der Waals surface area contributed by atoms with Gasteiger partial charge in [-0.2, -0.15) is 0 Å². The Kier molecular flexibility index (Phi) is 14.2. The van der Waals surface area contributed by atoms with E-state index in [1.165, 1.54) is 25.7 Å². The summed E-state index contributed by atoms with van der Waals surface area (Å²) >= 11 is 0. The van der Waals surface area contributed by atoms with E-state index >= 15 is 0 Å². The van der Waals surface area contributed by atoms with Gasteiger partial charge in [0.25, 0.3) is 0 Å². The highest BCUT2D eigenvalue weighted by atomic mass is 16.2. The third kappa shape index (κ3) is 9.49. The molecule has 0 radical (unpaired) electrons. The topological polar surface area (TPSA) is 20.3 Å². The molecule has 1 aliphatic rings. The second kappa shape index (κ2) is 12.9. The van der Waals surface area contributed by atoms with Crippen LogP contribution in [0.15, 0.2) is 0 Å². The van der Waals surface area contributed by atoms with Crippen molar-refractivity contribution in [1.82, 2.24) is 4.90 Å². The first-order valence-corrected chi connectivity index (χ1v) is 7.85. The largest absolute Gasteiger partial charge is 0.343 e. The van der Waals surface area contributed by atoms with E-state index in [1.807, 2.05) is 32.6 Å². The molecule has 0 aromatic carbocycles. The van der Waals surface area contributed by atoms with Crippen LogP contribution in [-0.4, -0.2) is 23.9 Å². The summed E-state index contributed by atoms with van der Waals surface area (Å²) in [5, 5.41) is 0. The molecular weight excluding hydrogens is 222 g/mol. The van der Waals surface area contributed by atoms with Gasteiger partial charge in [-0.25, -0.2) is 0 Å². The molecule has 0 unspecified atom stereocenters. The molecule has 1 saturated heterocycles. The number of likely N-dealkylation sites (tertiary alicyclic amines) is 1. The van der Waals surface area contributed by atoms with Crippen molar-refractivity contribution in [1.29, 1.82) is 0 Å². The Morgan fingerprint density at radius 3 is 1.89 bits per heavy atom. The van der Waals surface area contributed by atoms with Gasteiger partial charge in [0.05, 0.1) is 0 Å². The lowest BCUT2D eigenvalue weighted by molar-refractivity contribution is -0.130. The number of carbonyl (C=O) groups is 1.